The monoisotopic (exact) mass is 532 g/mol. The van der Waals surface area contributed by atoms with E-state index in [1.807, 2.05) is 61.5 Å². The molecule has 2 aromatic carbocycles. The minimum Gasteiger partial charge on any atom is -0.395 e. The number of nitrogens with zero attached hydrogens (tertiary/aromatic N) is 6. The number of benzene rings is 2. The molecule has 0 aliphatic carbocycles. The second-order valence-corrected chi connectivity index (χ2v) is 9.76. The van der Waals surface area contributed by atoms with Crippen LogP contribution in [0.1, 0.15) is 21.6 Å². The molecule has 1 N–H and O–H groups in total. The van der Waals surface area contributed by atoms with Crippen LogP contribution in [0.3, 0.4) is 0 Å². The third-order valence-electron chi connectivity index (χ3n) is 6.42. The molecule has 9 heteroatoms. The van der Waals surface area contributed by atoms with E-state index in [9.17, 15) is 4.79 Å². The standard InChI is InChI=1S/C25H22ClN5O.C4H11NO/c26-22-8-4-1-5-19(22)15-23-20-6-2-3-7-21(20)25(29-28-23)31-13-11-30(12-14-31)24-10-9-18(17-32)16-27-24;1-5(2)3-4-6/h1-10,16-17H,11-15H2;6H,3-4H2,1-2H3. The van der Waals surface area contributed by atoms with E-state index in [1.54, 1.807) is 12.3 Å². The van der Waals surface area contributed by atoms with E-state index >= 15 is 0 Å². The minimum atomic E-state index is 0.257. The van der Waals surface area contributed by atoms with Crippen molar-refractivity contribution >= 4 is 40.3 Å². The van der Waals surface area contributed by atoms with Gasteiger partial charge in [-0.15, -0.1) is 5.10 Å². The van der Waals surface area contributed by atoms with Gasteiger partial charge in [-0.2, -0.15) is 5.10 Å². The van der Waals surface area contributed by atoms with Crippen molar-refractivity contribution in [3.63, 3.8) is 0 Å². The highest BCUT2D eigenvalue weighted by atomic mass is 35.5. The molecule has 0 atom stereocenters. The van der Waals surface area contributed by atoms with Crippen LogP contribution in [0.5, 0.6) is 0 Å². The van der Waals surface area contributed by atoms with Crippen LogP contribution < -0.4 is 9.80 Å². The van der Waals surface area contributed by atoms with E-state index < -0.39 is 0 Å². The number of hydrogen-bond acceptors (Lipinski definition) is 8. The number of anilines is 2. The van der Waals surface area contributed by atoms with E-state index in [0.717, 1.165) is 77.7 Å². The van der Waals surface area contributed by atoms with Gasteiger partial charge in [0.1, 0.15) is 5.82 Å². The molecule has 1 aliphatic heterocycles. The molecular formula is C29H33ClN6O2. The largest absolute Gasteiger partial charge is 0.395 e. The van der Waals surface area contributed by atoms with Crippen LogP contribution in [-0.4, -0.2) is 84.9 Å². The first-order valence-electron chi connectivity index (χ1n) is 12.6. The van der Waals surface area contributed by atoms with Gasteiger partial charge >= 0.3 is 0 Å². The lowest BCUT2D eigenvalue weighted by Gasteiger charge is -2.36. The van der Waals surface area contributed by atoms with E-state index in [2.05, 4.69) is 37.1 Å². The number of carbonyl (C=O) groups excluding carboxylic acids is 1. The molecular weight excluding hydrogens is 500 g/mol. The molecule has 0 unspecified atom stereocenters. The van der Waals surface area contributed by atoms with Gasteiger partial charge in [0, 0.05) is 66.7 Å². The molecule has 3 heterocycles. The molecule has 0 amide bonds. The number of rotatable bonds is 7. The van der Waals surface area contributed by atoms with Gasteiger partial charge in [-0.1, -0.05) is 54.1 Å². The third kappa shape index (κ3) is 6.83. The maximum Gasteiger partial charge on any atom is 0.159 e. The predicted octanol–water partition coefficient (Wildman–Crippen LogP) is 3.95. The Morgan fingerprint density at radius 1 is 0.921 bits per heavy atom. The first-order valence-corrected chi connectivity index (χ1v) is 13.0. The molecule has 2 aromatic heterocycles. The molecule has 8 nitrogen and oxygen atoms in total. The summed E-state index contributed by atoms with van der Waals surface area (Å²) in [4.78, 5) is 21.7. The van der Waals surface area contributed by atoms with Gasteiger partial charge in [0.15, 0.2) is 12.1 Å². The van der Waals surface area contributed by atoms with E-state index in [-0.39, 0.29) is 6.61 Å². The summed E-state index contributed by atoms with van der Waals surface area (Å²) in [6.07, 6.45) is 3.07. The van der Waals surface area contributed by atoms with Gasteiger partial charge in [0.05, 0.1) is 12.3 Å². The summed E-state index contributed by atoms with van der Waals surface area (Å²) in [6.45, 7) is 4.31. The number of carbonyl (C=O) groups is 1. The van der Waals surface area contributed by atoms with Gasteiger partial charge in [-0.3, -0.25) is 4.79 Å². The van der Waals surface area contributed by atoms with Crippen molar-refractivity contribution in [1.82, 2.24) is 20.1 Å². The maximum atomic E-state index is 10.9. The van der Waals surface area contributed by atoms with Crippen molar-refractivity contribution in [3.8, 4) is 0 Å². The molecule has 1 saturated heterocycles. The Hall–Kier alpha value is -3.59. The number of halogens is 1. The summed E-state index contributed by atoms with van der Waals surface area (Å²) in [5.74, 6) is 1.80. The summed E-state index contributed by atoms with van der Waals surface area (Å²) >= 11 is 6.38. The lowest BCUT2D eigenvalue weighted by atomic mass is 10.0. The van der Waals surface area contributed by atoms with Gasteiger partial charge in [0.25, 0.3) is 0 Å². The van der Waals surface area contributed by atoms with Crippen LogP contribution in [-0.2, 0) is 6.42 Å². The third-order valence-corrected chi connectivity index (χ3v) is 6.79. The van der Waals surface area contributed by atoms with Crippen molar-refractivity contribution in [2.24, 2.45) is 0 Å². The number of pyridine rings is 1. The summed E-state index contributed by atoms with van der Waals surface area (Å²) in [6, 6.07) is 19.9. The summed E-state index contributed by atoms with van der Waals surface area (Å²) in [5, 5.41) is 20.4. The first kappa shape index (κ1) is 27.4. The fraction of sp³-hybridized carbons (Fsp3) is 0.310. The quantitative estimate of drug-likeness (QED) is 0.358. The number of aldehydes is 1. The summed E-state index contributed by atoms with van der Waals surface area (Å²) in [5.41, 5.74) is 2.56. The average molecular weight is 533 g/mol. The number of piperazine rings is 1. The Kier molecular flexibility index (Phi) is 9.59. The van der Waals surface area contributed by atoms with Crippen molar-refractivity contribution in [1.29, 1.82) is 0 Å². The number of fused-ring (bicyclic) bond motifs is 1. The topological polar surface area (TPSA) is 85.7 Å². The first-order chi connectivity index (χ1) is 18.5. The Bertz CT molecular complexity index is 1340. The van der Waals surface area contributed by atoms with Gasteiger partial charge in [-0.25, -0.2) is 4.98 Å². The van der Waals surface area contributed by atoms with Crippen LogP contribution in [0.25, 0.3) is 10.8 Å². The fourth-order valence-electron chi connectivity index (χ4n) is 4.33. The Morgan fingerprint density at radius 2 is 1.61 bits per heavy atom. The number of aromatic nitrogens is 3. The van der Waals surface area contributed by atoms with E-state index in [4.69, 9.17) is 16.7 Å². The molecule has 38 heavy (non-hydrogen) atoms. The molecule has 4 aromatic rings. The molecule has 1 fully saturated rings. The number of aliphatic hydroxyl groups is 1. The van der Waals surface area contributed by atoms with Crippen LogP contribution in [0.2, 0.25) is 5.02 Å². The van der Waals surface area contributed by atoms with Crippen molar-refractivity contribution in [2.75, 3.05) is 63.2 Å². The van der Waals surface area contributed by atoms with Gasteiger partial charge in [0.2, 0.25) is 0 Å². The van der Waals surface area contributed by atoms with Crippen molar-refractivity contribution in [2.45, 2.75) is 6.42 Å². The fourth-order valence-corrected chi connectivity index (χ4v) is 4.54. The average Bonchev–Trinajstić information content (AvgIpc) is 2.95. The van der Waals surface area contributed by atoms with E-state index in [0.29, 0.717) is 12.0 Å². The van der Waals surface area contributed by atoms with Gasteiger partial charge in [-0.05, 0) is 37.9 Å². The van der Waals surface area contributed by atoms with Crippen LogP contribution >= 0.6 is 11.6 Å². The molecule has 0 saturated carbocycles. The lowest BCUT2D eigenvalue weighted by Crippen LogP contribution is -2.47. The minimum absolute atomic E-state index is 0.257. The van der Waals surface area contributed by atoms with Gasteiger partial charge < -0.3 is 19.8 Å². The molecule has 5 rings (SSSR count). The Labute approximate surface area is 228 Å². The highest BCUT2D eigenvalue weighted by molar-refractivity contribution is 6.31. The second kappa shape index (κ2) is 13.3. The van der Waals surface area contributed by atoms with Crippen molar-refractivity contribution in [3.05, 3.63) is 88.7 Å². The van der Waals surface area contributed by atoms with E-state index in [1.165, 1.54) is 0 Å². The molecule has 1 aliphatic rings. The Morgan fingerprint density at radius 3 is 2.21 bits per heavy atom. The van der Waals surface area contributed by atoms with Crippen LogP contribution in [0, 0.1) is 0 Å². The second-order valence-electron chi connectivity index (χ2n) is 9.35. The number of hydrogen-bond donors (Lipinski definition) is 1. The number of likely N-dealkylation sites (N-methyl/N-ethyl adjacent to an activating group) is 1. The smallest absolute Gasteiger partial charge is 0.159 e. The van der Waals surface area contributed by atoms with Crippen LogP contribution in [0.4, 0.5) is 11.6 Å². The molecule has 0 spiro atoms. The zero-order valence-electron chi connectivity index (χ0n) is 21.8. The maximum absolute atomic E-state index is 10.9. The lowest BCUT2D eigenvalue weighted by molar-refractivity contribution is 0.112. The normalized spacial score (nSPS) is 13.4. The highest BCUT2D eigenvalue weighted by Gasteiger charge is 2.22. The summed E-state index contributed by atoms with van der Waals surface area (Å²) in [7, 11) is 3.85. The predicted molar refractivity (Wildman–Crippen MR) is 153 cm³/mol. The summed E-state index contributed by atoms with van der Waals surface area (Å²) < 4.78 is 0. The molecule has 0 bridgehead atoms. The Balaban J connectivity index is 0.000000505. The number of aliphatic hydroxyl groups excluding tert-OH is 1. The van der Waals surface area contributed by atoms with Crippen LogP contribution in [0.15, 0.2) is 66.9 Å². The zero-order valence-corrected chi connectivity index (χ0v) is 22.6. The molecule has 0 radical (unpaired) electrons. The van der Waals surface area contributed by atoms with Crippen molar-refractivity contribution < 1.29 is 9.90 Å². The zero-order chi connectivity index (χ0) is 26.9. The highest BCUT2D eigenvalue weighted by Crippen LogP contribution is 2.29. The molecule has 198 valence electrons. The SMILES string of the molecule is CN(C)CCO.O=Cc1ccc(N2CCN(c3nnc(Cc4ccccc4Cl)c4ccccc34)CC2)nc1.